The largest absolute Gasteiger partial charge is 0.298 e. The predicted octanol–water partition coefficient (Wildman–Crippen LogP) is 3.15. The topological polar surface area (TPSA) is 69.5 Å². The number of ketones is 1. The summed E-state index contributed by atoms with van der Waals surface area (Å²) in [5, 5.41) is 16.9. The zero-order valence-corrected chi connectivity index (χ0v) is 13.4. The average molecular weight is 323 g/mol. The van der Waals surface area contributed by atoms with Gasteiger partial charge < -0.3 is 0 Å². The SMILES string of the molecule is C[C@@H]1C(=O)C(C#N)C[C@]2(c3ccc(F)cc3)c3[nH]ncc3CC[C@@H]12. The Morgan fingerprint density at radius 2 is 2.12 bits per heavy atom. The maximum Gasteiger partial charge on any atom is 0.153 e. The van der Waals surface area contributed by atoms with E-state index >= 15 is 0 Å². The van der Waals surface area contributed by atoms with E-state index in [1.165, 1.54) is 12.1 Å². The molecule has 0 aliphatic heterocycles. The van der Waals surface area contributed by atoms with Crippen molar-refractivity contribution in [2.24, 2.45) is 17.8 Å². The molecule has 24 heavy (non-hydrogen) atoms. The normalized spacial score (nSPS) is 31.9. The van der Waals surface area contributed by atoms with Crippen molar-refractivity contribution in [1.82, 2.24) is 10.2 Å². The molecule has 0 spiro atoms. The molecule has 0 saturated heterocycles. The molecule has 4 atom stereocenters. The molecule has 0 bridgehead atoms. The van der Waals surface area contributed by atoms with Crippen molar-refractivity contribution in [3.05, 3.63) is 53.1 Å². The summed E-state index contributed by atoms with van der Waals surface area (Å²) in [6, 6.07) is 8.67. The summed E-state index contributed by atoms with van der Waals surface area (Å²) in [7, 11) is 0. The molecule has 1 fully saturated rings. The van der Waals surface area contributed by atoms with E-state index in [0.29, 0.717) is 6.42 Å². The van der Waals surface area contributed by atoms with Crippen molar-refractivity contribution in [1.29, 1.82) is 5.26 Å². The highest BCUT2D eigenvalue weighted by molar-refractivity contribution is 5.87. The fourth-order valence-corrected chi connectivity index (χ4v) is 4.83. The fraction of sp³-hybridized carbons (Fsp3) is 0.421. The third kappa shape index (κ3) is 1.89. The second-order valence-electron chi connectivity index (χ2n) is 6.97. The standard InChI is InChI=1S/C19H18FN3O/c1-11-16-7-2-12-10-22-23-18(12)19(16,8-13(9-21)17(11)24)14-3-5-15(20)6-4-14/h3-6,10-11,13,16H,2,7-8H2,1H3,(H,22,23)/t11-,13?,16-,19+/m0/s1. The first-order valence-electron chi connectivity index (χ1n) is 8.30. The summed E-state index contributed by atoms with van der Waals surface area (Å²) >= 11 is 0. The second-order valence-corrected chi connectivity index (χ2v) is 6.97. The maximum absolute atomic E-state index is 13.5. The molecule has 0 amide bonds. The quantitative estimate of drug-likeness (QED) is 0.876. The van der Waals surface area contributed by atoms with E-state index < -0.39 is 11.3 Å². The Bertz CT molecular complexity index is 835. The minimum absolute atomic E-state index is 0.0307. The number of fused-ring (bicyclic) bond motifs is 3. The van der Waals surface area contributed by atoms with Gasteiger partial charge in [0, 0.05) is 17.0 Å². The number of aromatic nitrogens is 2. The first-order chi connectivity index (χ1) is 11.6. The Morgan fingerprint density at radius 3 is 2.83 bits per heavy atom. The lowest BCUT2D eigenvalue weighted by Gasteiger charge is -2.50. The van der Waals surface area contributed by atoms with Gasteiger partial charge in [0.1, 0.15) is 11.7 Å². The van der Waals surface area contributed by atoms with Gasteiger partial charge in [-0.05, 0) is 48.4 Å². The Morgan fingerprint density at radius 1 is 1.38 bits per heavy atom. The van der Waals surface area contributed by atoms with Crippen LogP contribution in [0.3, 0.4) is 0 Å². The average Bonchev–Trinajstić information content (AvgIpc) is 3.08. The van der Waals surface area contributed by atoms with E-state index in [4.69, 9.17) is 0 Å². The van der Waals surface area contributed by atoms with Crippen LogP contribution in [0.25, 0.3) is 0 Å². The number of aryl methyl sites for hydroxylation is 1. The molecule has 1 aromatic heterocycles. The van der Waals surface area contributed by atoms with E-state index in [1.54, 1.807) is 12.1 Å². The van der Waals surface area contributed by atoms with Crippen molar-refractivity contribution in [3.63, 3.8) is 0 Å². The van der Waals surface area contributed by atoms with Gasteiger partial charge >= 0.3 is 0 Å². The van der Waals surface area contributed by atoms with Crippen LogP contribution in [0.1, 0.15) is 36.6 Å². The smallest absolute Gasteiger partial charge is 0.153 e. The van der Waals surface area contributed by atoms with Crippen molar-refractivity contribution in [3.8, 4) is 6.07 Å². The molecule has 1 unspecified atom stereocenters. The summed E-state index contributed by atoms with van der Waals surface area (Å²) in [5.41, 5.74) is 2.60. The van der Waals surface area contributed by atoms with Crippen LogP contribution in [-0.4, -0.2) is 16.0 Å². The molecule has 2 aliphatic rings. The number of carbonyl (C=O) groups is 1. The van der Waals surface area contributed by atoms with Crippen LogP contribution < -0.4 is 0 Å². The number of H-pyrrole nitrogens is 1. The van der Waals surface area contributed by atoms with Crippen LogP contribution >= 0.6 is 0 Å². The number of halogens is 1. The minimum Gasteiger partial charge on any atom is -0.298 e. The molecule has 4 nitrogen and oxygen atoms in total. The highest BCUT2D eigenvalue weighted by Crippen LogP contribution is 2.55. The number of nitrogens with one attached hydrogen (secondary N) is 1. The first kappa shape index (κ1) is 15.1. The van der Waals surface area contributed by atoms with Crippen molar-refractivity contribution >= 4 is 5.78 Å². The van der Waals surface area contributed by atoms with E-state index in [2.05, 4.69) is 16.3 Å². The minimum atomic E-state index is -0.643. The Balaban J connectivity index is 1.97. The van der Waals surface area contributed by atoms with Crippen LogP contribution in [0.2, 0.25) is 0 Å². The number of hydrogen-bond donors (Lipinski definition) is 1. The molecular weight excluding hydrogens is 305 g/mol. The zero-order valence-electron chi connectivity index (χ0n) is 13.4. The van der Waals surface area contributed by atoms with Gasteiger partial charge in [-0.25, -0.2) is 4.39 Å². The van der Waals surface area contributed by atoms with Gasteiger partial charge in [0.25, 0.3) is 0 Å². The molecule has 1 aromatic carbocycles. The number of aromatic amines is 1. The molecule has 1 N–H and O–H groups in total. The lowest BCUT2D eigenvalue weighted by atomic mass is 9.51. The van der Waals surface area contributed by atoms with Crippen molar-refractivity contribution in [2.45, 2.75) is 31.6 Å². The number of nitrogens with zero attached hydrogens (tertiary/aromatic N) is 2. The number of rotatable bonds is 1. The molecule has 4 rings (SSSR count). The molecule has 0 radical (unpaired) electrons. The number of hydrogen-bond acceptors (Lipinski definition) is 3. The molecule has 2 aromatic rings. The van der Waals surface area contributed by atoms with Gasteiger partial charge in [-0.15, -0.1) is 0 Å². The van der Waals surface area contributed by atoms with Gasteiger partial charge in [-0.2, -0.15) is 10.4 Å². The Kier molecular flexibility index (Phi) is 3.31. The van der Waals surface area contributed by atoms with E-state index in [0.717, 1.165) is 29.7 Å². The Labute approximate surface area is 139 Å². The monoisotopic (exact) mass is 323 g/mol. The second kappa shape index (κ2) is 5.27. The zero-order chi connectivity index (χ0) is 16.9. The van der Waals surface area contributed by atoms with Gasteiger partial charge in [0.05, 0.1) is 12.3 Å². The number of nitriles is 1. The van der Waals surface area contributed by atoms with Crippen molar-refractivity contribution in [2.75, 3.05) is 0 Å². The fourth-order valence-electron chi connectivity index (χ4n) is 4.83. The van der Waals surface area contributed by atoms with Crippen LogP contribution in [-0.2, 0) is 16.6 Å². The van der Waals surface area contributed by atoms with Crippen molar-refractivity contribution < 1.29 is 9.18 Å². The highest BCUT2D eigenvalue weighted by atomic mass is 19.1. The van der Waals surface area contributed by atoms with E-state index in [1.807, 2.05) is 13.1 Å². The van der Waals surface area contributed by atoms with Crippen LogP contribution in [0, 0.1) is 34.9 Å². The summed E-state index contributed by atoms with van der Waals surface area (Å²) < 4.78 is 13.5. The first-order valence-corrected chi connectivity index (χ1v) is 8.30. The summed E-state index contributed by atoms with van der Waals surface area (Å²) in [6.45, 7) is 1.93. The summed E-state index contributed by atoms with van der Waals surface area (Å²) in [4.78, 5) is 12.6. The summed E-state index contributed by atoms with van der Waals surface area (Å²) in [6.07, 6.45) is 4.00. The van der Waals surface area contributed by atoms with Gasteiger partial charge in [0.2, 0.25) is 0 Å². The van der Waals surface area contributed by atoms with Crippen LogP contribution in [0.15, 0.2) is 30.5 Å². The van der Waals surface area contributed by atoms with E-state index in [-0.39, 0.29) is 23.4 Å². The third-order valence-electron chi connectivity index (χ3n) is 5.96. The van der Waals surface area contributed by atoms with Crippen LogP contribution in [0.5, 0.6) is 0 Å². The van der Waals surface area contributed by atoms with E-state index in [9.17, 15) is 14.4 Å². The van der Waals surface area contributed by atoms with Crippen LogP contribution in [0.4, 0.5) is 4.39 Å². The molecule has 122 valence electrons. The predicted molar refractivity (Wildman–Crippen MR) is 85.5 cm³/mol. The molecule has 1 saturated carbocycles. The van der Waals surface area contributed by atoms with Gasteiger partial charge in [-0.3, -0.25) is 9.89 Å². The number of carbonyl (C=O) groups excluding carboxylic acids is 1. The molecular formula is C19H18FN3O. The Hall–Kier alpha value is -2.48. The molecule has 2 aliphatic carbocycles. The van der Waals surface area contributed by atoms with Gasteiger partial charge in [0.15, 0.2) is 5.78 Å². The van der Waals surface area contributed by atoms with Gasteiger partial charge in [-0.1, -0.05) is 19.1 Å². The maximum atomic E-state index is 13.5. The molecule has 1 heterocycles. The lowest BCUT2D eigenvalue weighted by molar-refractivity contribution is -0.131. The lowest BCUT2D eigenvalue weighted by Crippen LogP contribution is -2.52. The number of Topliss-reactive ketones (excluding diaryl/α,β-unsaturated/α-hetero) is 1. The highest BCUT2D eigenvalue weighted by Gasteiger charge is 2.56. The summed E-state index contributed by atoms with van der Waals surface area (Å²) in [5.74, 6) is -1.01. The molecule has 5 heteroatoms. The third-order valence-corrected chi connectivity index (χ3v) is 5.96. The number of benzene rings is 1.